The van der Waals surface area contributed by atoms with Gasteiger partial charge in [0, 0.05) is 18.2 Å². The predicted octanol–water partition coefficient (Wildman–Crippen LogP) is 3.62. The van der Waals surface area contributed by atoms with E-state index in [1.807, 2.05) is 6.92 Å². The maximum atomic E-state index is 5.66. The zero-order valence-electron chi connectivity index (χ0n) is 13.0. The number of pyridine rings is 1. The van der Waals surface area contributed by atoms with Crippen LogP contribution in [-0.4, -0.2) is 24.2 Å². The summed E-state index contributed by atoms with van der Waals surface area (Å²) in [6, 6.07) is 10.8. The molecular formula is C17H24N2O. The Bertz CT molecular complexity index is 593. The van der Waals surface area contributed by atoms with Crippen LogP contribution >= 0.6 is 0 Å². The molecule has 2 rings (SSSR count). The highest BCUT2D eigenvalue weighted by Crippen LogP contribution is 2.30. The first-order valence-corrected chi connectivity index (χ1v) is 7.13. The van der Waals surface area contributed by atoms with Crippen LogP contribution in [0.2, 0.25) is 0 Å². The summed E-state index contributed by atoms with van der Waals surface area (Å²) >= 11 is 0. The lowest BCUT2D eigenvalue weighted by Crippen LogP contribution is -2.40. The molecule has 1 N–H and O–H groups in total. The van der Waals surface area contributed by atoms with Crippen LogP contribution < -0.4 is 5.32 Å². The second-order valence-electron chi connectivity index (χ2n) is 5.70. The van der Waals surface area contributed by atoms with Crippen LogP contribution in [0, 0.1) is 6.92 Å². The molecule has 1 atom stereocenters. The maximum Gasteiger partial charge on any atom is 0.0816 e. The number of aryl methyl sites for hydroxylation is 1. The van der Waals surface area contributed by atoms with E-state index in [-0.39, 0.29) is 11.6 Å². The molecule has 0 radical (unpaired) electrons. The zero-order valence-corrected chi connectivity index (χ0v) is 13.0. The molecule has 1 aromatic carbocycles. The third kappa shape index (κ3) is 3.00. The number of nitrogens with one attached hydrogen (secondary N) is 1. The minimum atomic E-state index is -0.262. The van der Waals surface area contributed by atoms with E-state index >= 15 is 0 Å². The van der Waals surface area contributed by atoms with Crippen LogP contribution in [-0.2, 0) is 4.74 Å². The Labute approximate surface area is 121 Å². The first-order chi connectivity index (χ1) is 9.47. The van der Waals surface area contributed by atoms with E-state index in [2.05, 4.69) is 61.4 Å². The Morgan fingerprint density at radius 2 is 2.00 bits per heavy atom. The van der Waals surface area contributed by atoms with E-state index in [0.717, 1.165) is 17.8 Å². The molecular weight excluding hydrogens is 248 g/mol. The summed E-state index contributed by atoms with van der Waals surface area (Å²) in [6.45, 7) is 9.25. The summed E-state index contributed by atoms with van der Waals surface area (Å²) in [7, 11) is 1.76. The van der Waals surface area contributed by atoms with Gasteiger partial charge in [-0.05, 0) is 51.1 Å². The molecule has 20 heavy (non-hydrogen) atoms. The number of fused-ring (bicyclic) bond motifs is 1. The molecule has 0 aliphatic carbocycles. The molecule has 0 amide bonds. The smallest absolute Gasteiger partial charge is 0.0816 e. The molecule has 1 aromatic heterocycles. The molecule has 0 aliphatic rings. The number of nitrogens with zero attached hydrogens (tertiary/aromatic N) is 1. The summed E-state index contributed by atoms with van der Waals surface area (Å²) in [4.78, 5) is 4.55. The minimum Gasteiger partial charge on any atom is -0.377 e. The van der Waals surface area contributed by atoms with Gasteiger partial charge in [0.1, 0.15) is 0 Å². The summed E-state index contributed by atoms with van der Waals surface area (Å²) in [5.41, 5.74) is 3.06. The van der Waals surface area contributed by atoms with Gasteiger partial charge in [0.2, 0.25) is 0 Å². The molecule has 0 saturated carbocycles. The Morgan fingerprint density at radius 3 is 2.65 bits per heavy atom. The second kappa shape index (κ2) is 5.90. The monoisotopic (exact) mass is 272 g/mol. The van der Waals surface area contributed by atoms with Crippen molar-refractivity contribution in [2.24, 2.45) is 0 Å². The molecule has 0 bridgehead atoms. The number of aromatic nitrogens is 1. The van der Waals surface area contributed by atoms with Crippen LogP contribution in [0.4, 0.5) is 0 Å². The molecule has 0 spiro atoms. The van der Waals surface area contributed by atoms with Gasteiger partial charge in [-0.15, -0.1) is 0 Å². The lowest BCUT2D eigenvalue weighted by molar-refractivity contribution is -0.0106. The third-order valence-electron chi connectivity index (χ3n) is 3.82. The van der Waals surface area contributed by atoms with Crippen molar-refractivity contribution in [1.82, 2.24) is 10.3 Å². The Hall–Kier alpha value is -1.45. The van der Waals surface area contributed by atoms with E-state index in [9.17, 15) is 0 Å². The largest absolute Gasteiger partial charge is 0.377 e. The highest BCUT2D eigenvalue weighted by molar-refractivity contribution is 5.79. The molecule has 0 fully saturated rings. The molecule has 2 aromatic rings. The molecule has 108 valence electrons. The van der Waals surface area contributed by atoms with Crippen molar-refractivity contribution in [2.45, 2.75) is 39.3 Å². The van der Waals surface area contributed by atoms with Gasteiger partial charge in [-0.2, -0.15) is 0 Å². The first kappa shape index (κ1) is 14.9. The standard InChI is InChI=1S/C17H24N2O/c1-6-18-16(17(3,4)20-5)14-9-10-15-13(11-14)8-7-12(2)19-15/h7-11,16,18H,6H2,1-5H3. The van der Waals surface area contributed by atoms with Crippen LogP contribution in [0.1, 0.15) is 38.1 Å². The van der Waals surface area contributed by atoms with E-state index in [1.54, 1.807) is 7.11 Å². The number of rotatable bonds is 5. The zero-order chi connectivity index (χ0) is 14.8. The van der Waals surface area contributed by atoms with Gasteiger partial charge in [-0.3, -0.25) is 4.98 Å². The van der Waals surface area contributed by atoms with Gasteiger partial charge in [0.15, 0.2) is 0 Å². The summed E-state index contributed by atoms with van der Waals surface area (Å²) in [6.07, 6.45) is 0. The fourth-order valence-corrected chi connectivity index (χ4v) is 2.51. The molecule has 1 unspecified atom stereocenters. The highest BCUT2D eigenvalue weighted by Gasteiger charge is 2.30. The summed E-state index contributed by atoms with van der Waals surface area (Å²) in [5.74, 6) is 0. The van der Waals surface area contributed by atoms with Crippen molar-refractivity contribution < 1.29 is 4.74 Å². The quantitative estimate of drug-likeness (QED) is 0.902. The maximum absolute atomic E-state index is 5.66. The summed E-state index contributed by atoms with van der Waals surface area (Å²) in [5, 5.41) is 4.69. The lowest BCUT2D eigenvalue weighted by atomic mass is 9.90. The first-order valence-electron chi connectivity index (χ1n) is 7.13. The second-order valence-corrected chi connectivity index (χ2v) is 5.70. The molecule has 1 heterocycles. The van der Waals surface area contributed by atoms with Gasteiger partial charge in [0.25, 0.3) is 0 Å². The van der Waals surface area contributed by atoms with Gasteiger partial charge in [0.05, 0.1) is 17.2 Å². The van der Waals surface area contributed by atoms with Crippen molar-refractivity contribution >= 4 is 10.9 Å². The van der Waals surface area contributed by atoms with Crippen LogP contribution in [0.15, 0.2) is 30.3 Å². The third-order valence-corrected chi connectivity index (χ3v) is 3.82. The van der Waals surface area contributed by atoms with Gasteiger partial charge in [-0.25, -0.2) is 0 Å². The number of hydrogen-bond donors (Lipinski definition) is 1. The lowest BCUT2D eigenvalue weighted by Gasteiger charge is -2.34. The van der Waals surface area contributed by atoms with Gasteiger partial charge >= 0.3 is 0 Å². The number of ether oxygens (including phenoxy) is 1. The van der Waals surface area contributed by atoms with Crippen molar-refractivity contribution in [3.05, 3.63) is 41.6 Å². The fraction of sp³-hybridized carbons (Fsp3) is 0.471. The van der Waals surface area contributed by atoms with Crippen molar-refractivity contribution in [2.75, 3.05) is 13.7 Å². The van der Waals surface area contributed by atoms with Gasteiger partial charge < -0.3 is 10.1 Å². The number of likely N-dealkylation sites (N-methyl/N-ethyl adjacent to an activating group) is 1. The summed E-state index contributed by atoms with van der Waals surface area (Å²) < 4.78 is 5.66. The van der Waals surface area contributed by atoms with E-state index in [1.165, 1.54) is 10.9 Å². The Balaban J connectivity index is 2.46. The predicted molar refractivity (Wildman–Crippen MR) is 84.0 cm³/mol. The van der Waals surface area contributed by atoms with Crippen LogP contribution in [0.5, 0.6) is 0 Å². The Kier molecular flexibility index (Phi) is 4.41. The van der Waals surface area contributed by atoms with Crippen molar-refractivity contribution in [3.63, 3.8) is 0 Å². The molecule has 3 nitrogen and oxygen atoms in total. The molecule has 3 heteroatoms. The van der Waals surface area contributed by atoms with Crippen LogP contribution in [0.3, 0.4) is 0 Å². The topological polar surface area (TPSA) is 34.2 Å². The van der Waals surface area contributed by atoms with E-state index < -0.39 is 0 Å². The van der Waals surface area contributed by atoms with Crippen LogP contribution in [0.25, 0.3) is 10.9 Å². The highest BCUT2D eigenvalue weighted by atomic mass is 16.5. The normalized spacial score (nSPS) is 13.7. The van der Waals surface area contributed by atoms with E-state index in [0.29, 0.717) is 0 Å². The Morgan fingerprint density at radius 1 is 1.25 bits per heavy atom. The fourth-order valence-electron chi connectivity index (χ4n) is 2.51. The molecule has 0 aliphatic heterocycles. The average Bonchev–Trinajstić information content (AvgIpc) is 2.44. The number of hydrogen-bond acceptors (Lipinski definition) is 3. The van der Waals surface area contributed by atoms with Crippen molar-refractivity contribution in [3.8, 4) is 0 Å². The van der Waals surface area contributed by atoms with E-state index in [4.69, 9.17) is 4.74 Å². The number of benzene rings is 1. The van der Waals surface area contributed by atoms with Crippen molar-refractivity contribution in [1.29, 1.82) is 0 Å². The average molecular weight is 272 g/mol. The number of methoxy groups -OCH3 is 1. The minimum absolute atomic E-state index is 0.156. The van der Waals surface area contributed by atoms with Gasteiger partial charge in [-0.1, -0.05) is 19.1 Å². The SMILES string of the molecule is CCNC(c1ccc2nc(C)ccc2c1)C(C)(C)OC. The molecule has 0 saturated heterocycles.